The van der Waals surface area contributed by atoms with Crippen molar-refractivity contribution in [1.82, 2.24) is 15.2 Å². The molecule has 0 aliphatic carbocycles. The van der Waals surface area contributed by atoms with Gasteiger partial charge in [0.05, 0.1) is 16.1 Å². The molecule has 0 unspecified atom stereocenters. The monoisotopic (exact) mass is 193 g/mol. The van der Waals surface area contributed by atoms with Crippen molar-refractivity contribution in [2.24, 2.45) is 0 Å². The van der Waals surface area contributed by atoms with Gasteiger partial charge in [0.15, 0.2) is 0 Å². The van der Waals surface area contributed by atoms with Crippen molar-refractivity contribution in [2.75, 3.05) is 0 Å². The molecule has 0 fully saturated rings. The van der Waals surface area contributed by atoms with E-state index in [2.05, 4.69) is 29.0 Å². The van der Waals surface area contributed by atoms with Gasteiger partial charge >= 0.3 is 0 Å². The third-order valence-corrected chi connectivity index (χ3v) is 3.15. The highest BCUT2D eigenvalue weighted by atomic mass is 32.1. The molecule has 0 radical (unpaired) electrons. The van der Waals surface area contributed by atoms with Gasteiger partial charge in [-0.1, -0.05) is 13.8 Å². The van der Waals surface area contributed by atoms with Gasteiger partial charge < -0.3 is 0 Å². The minimum Gasteiger partial charge on any atom is -0.285 e. The Morgan fingerprint density at radius 1 is 1.38 bits per heavy atom. The number of H-pyrrole nitrogens is 1. The number of aromatic amines is 1. The lowest BCUT2D eigenvalue weighted by Crippen LogP contribution is -1.81. The molecule has 3 nitrogen and oxygen atoms in total. The highest BCUT2D eigenvalue weighted by Crippen LogP contribution is 2.28. The van der Waals surface area contributed by atoms with Gasteiger partial charge in [-0.15, -0.1) is 11.3 Å². The van der Waals surface area contributed by atoms with Crippen molar-refractivity contribution < 1.29 is 0 Å². The van der Waals surface area contributed by atoms with E-state index in [1.165, 1.54) is 9.88 Å². The average Bonchev–Trinajstić information content (AvgIpc) is 2.75. The van der Waals surface area contributed by atoms with E-state index in [0.717, 1.165) is 5.56 Å². The van der Waals surface area contributed by atoms with Crippen LogP contribution < -0.4 is 0 Å². The van der Waals surface area contributed by atoms with Crippen LogP contribution in [0, 0.1) is 0 Å². The van der Waals surface area contributed by atoms with Gasteiger partial charge in [0.1, 0.15) is 0 Å². The maximum absolute atomic E-state index is 4.35. The maximum Gasteiger partial charge on any atom is 0.0956 e. The first-order valence-electron chi connectivity index (χ1n) is 4.22. The number of nitrogens with one attached hydrogen (secondary N) is 1. The fourth-order valence-electron chi connectivity index (χ4n) is 1.07. The zero-order valence-corrected chi connectivity index (χ0v) is 8.43. The van der Waals surface area contributed by atoms with E-state index in [4.69, 9.17) is 0 Å². The van der Waals surface area contributed by atoms with Crippen LogP contribution >= 0.6 is 11.3 Å². The fraction of sp³-hybridized carbons (Fsp3) is 0.333. The third kappa shape index (κ3) is 1.62. The summed E-state index contributed by atoms with van der Waals surface area (Å²) < 4.78 is 0. The number of hydrogen-bond acceptors (Lipinski definition) is 3. The number of nitrogens with zero attached hydrogens (tertiary/aromatic N) is 2. The van der Waals surface area contributed by atoms with E-state index in [0.29, 0.717) is 5.92 Å². The number of rotatable bonds is 2. The molecule has 0 amide bonds. The van der Waals surface area contributed by atoms with Crippen molar-refractivity contribution >= 4 is 11.3 Å². The molecule has 0 saturated carbocycles. The SMILES string of the molecule is CC(C)c1ncc(-c2cn[nH]c2)s1. The predicted molar refractivity (Wildman–Crippen MR) is 53.8 cm³/mol. The van der Waals surface area contributed by atoms with Crippen LogP contribution in [0.3, 0.4) is 0 Å². The predicted octanol–water partition coefficient (Wildman–Crippen LogP) is 2.66. The third-order valence-electron chi connectivity index (χ3n) is 1.80. The first kappa shape index (κ1) is 8.44. The maximum atomic E-state index is 4.35. The van der Waals surface area contributed by atoms with Gasteiger partial charge in [-0.3, -0.25) is 5.10 Å². The molecule has 1 N–H and O–H groups in total. The molecular weight excluding hydrogens is 182 g/mol. The smallest absolute Gasteiger partial charge is 0.0956 e. The molecule has 68 valence electrons. The van der Waals surface area contributed by atoms with Gasteiger partial charge in [-0.2, -0.15) is 5.10 Å². The lowest BCUT2D eigenvalue weighted by atomic mass is 10.2. The van der Waals surface area contributed by atoms with Gasteiger partial charge in [0.25, 0.3) is 0 Å². The van der Waals surface area contributed by atoms with E-state index in [1.54, 1.807) is 11.3 Å². The Labute approximate surface area is 80.8 Å². The molecule has 0 aliphatic heterocycles. The van der Waals surface area contributed by atoms with Crippen LogP contribution in [0.1, 0.15) is 24.8 Å². The number of hydrogen-bond donors (Lipinski definition) is 1. The Hall–Kier alpha value is -1.16. The quantitative estimate of drug-likeness (QED) is 0.796. The zero-order chi connectivity index (χ0) is 9.26. The van der Waals surface area contributed by atoms with Crippen LogP contribution in [-0.4, -0.2) is 15.2 Å². The Morgan fingerprint density at radius 3 is 2.77 bits per heavy atom. The summed E-state index contributed by atoms with van der Waals surface area (Å²) in [4.78, 5) is 5.53. The molecule has 2 heterocycles. The molecule has 2 rings (SSSR count). The molecule has 2 aromatic rings. The summed E-state index contributed by atoms with van der Waals surface area (Å²) in [5.41, 5.74) is 1.12. The first-order valence-corrected chi connectivity index (χ1v) is 5.04. The second-order valence-corrected chi connectivity index (χ2v) is 4.27. The molecule has 0 saturated heterocycles. The second kappa shape index (κ2) is 3.30. The van der Waals surface area contributed by atoms with Gasteiger partial charge in [0.2, 0.25) is 0 Å². The summed E-state index contributed by atoms with van der Waals surface area (Å²) in [7, 11) is 0. The van der Waals surface area contributed by atoms with Crippen LogP contribution in [-0.2, 0) is 0 Å². The molecule has 2 aromatic heterocycles. The molecule has 13 heavy (non-hydrogen) atoms. The van der Waals surface area contributed by atoms with E-state index in [9.17, 15) is 0 Å². The molecule has 0 atom stereocenters. The lowest BCUT2D eigenvalue weighted by molar-refractivity contribution is 0.852. The van der Waals surface area contributed by atoms with E-state index in [-0.39, 0.29) is 0 Å². The minimum absolute atomic E-state index is 0.505. The van der Waals surface area contributed by atoms with Crippen LogP contribution in [0.4, 0.5) is 0 Å². The Balaban J connectivity index is 2.33. The Bertz CT molecular complexity index is 375. The van der Waals surface area contributed by atoms with Crippen LogP contribution in [0.25, 0.3) is 10.4 Å². The van der Waals surface area contributed by atoms with Crippen molar-refractivity contribution in [3.8, 4) is 10.4 Å². The average molecular weight is 193 g/mol. The molecule has 0 aliphatic rings. The van der Waals surface area contributed by atoms with Gasteiger partial charge in [0, 0.05) is 23.9 Å². The lowest BCUT2D eigenvalue weighted by Gasteiger charge is -1.95. The minimum atomic E-state index is 0.505. The van der Waals surface area contributed by atoms with Crippen molar-refractivity contribution in [1.29, 1.82) is 0 Å². The Morgan fingerprint density at radius 2 is 2.23 bits per heavy atom. The van der Waals surface area contributed by atoms with E-state index >= 15 is 0 Å². The highest BCUT2D eigenvalue weighted by Gasteiger charge is 2.07. The van der Waals surface area contributed by atoms with Crippen molar-refractivity contribution in [3.63, 3.8) is 0 Å². The number of thiazole rings is 1. The Kier molecular flexibility index (Phi) is 2.14. The van der Waals surface area contributed by atoms with E-state index in [1.807, 2.05) is 18.6 Å². The molecule has 0 aromatic carbocycles. The van der Waals surface area contributed by atoms with Gasteiger partial charge in [-0.05, 0) is 0 Å². The fourth-order valence-corrected chi connectivity index (χ4v) is 1.97. The van der Waals surface area contributed by atoms with E-state index < -0.39 is 0 Å². The molecular formula is C9H11N3S. The summed E-state index contributed by atoms with van der Waals surface area (Å²) in [6.07, 6.45) is 5.61. The summed E-state index contributed by atoms with van der Waals surface area (Å²) in [5.74, 6) is 0.505. The van der Waals surface area contributed by atoms with Crippen LogP contribution in [0.2, 0.25) is 0 Å². The molecule has 0 bridgehead atoms. The molecule has 0 spiro atoms. The van der Waals surface area contributed by atoms with Crippen LogP contribution in [0.15, 0.2) is 18.6 Å². The summed E-state index contributed by atoms with van der Waals surface area (Å²) >= 11 is 1.73. The summed E-state index contributed by atoms with van der Waals surface area (Å²) in [6.45, 7) is 4.30. The van der Waals surface area contributed by atoms with Crippen molar-refractivity contribution in [2.45, 2.75) is 19.8 Å². The largest absolute Gasteiger partial charge is 0.285 e. The molecule has 4 heteroatoms. The summed E-state index contributed by atoms with van der Waals surface area (Å²) in [6, 6.07) is 0. The highest BCUT2D eigenvalue weighted by molar-refractivity contribution is 7.15. The van der Waals surface area contributed by atoms with Crippen LogP contribution in [0.5, 0.6) is 0 Å². The topological polar surface area (TPSA) is 41.6 Å². The van der Waals surface area contributed by atoms with Gasteiger partial charge in [-0.25, -0.2) is 4.98 Å². The normalized spacial score (nSPS) is 11.0. The standard InChI is InChI=1S/C9H11N3S/c1-6(2)9-10-5-8(13-9)7-3-11-12-4-7/h3-6H,1-2H3,(H,11,12). The summed E-state index contributed by atoms with van der Waals surface area (Å²) in [5, 5.41) is 7.88. The first-order chi connectivity index (χ1) is 6.27. The number of aromatic nitrogens is 3. The van der Waals surface area contributed by atoms with Crippen molar-refractivity contribution in [3.05, 3.63) is 23.6 Å². The zero-order valence-electron chi connectivity index (χ0n) is 7.61. The second-order valence-electron chi connectivity index (χ2n) is 3.20.